The lowest BCUT2D eigenvalue weighted by atomic mass is 10.2. The zero-order chi connectivity index (χ0) is 12.3. The molecule has 0 aliphatic carbocycles. The van der Waals surface area contributed by atoms with Crippen LogP contribution in [0.4, 0.5) is 4.79 Å². The number of sulfonamides is 1. The van der Waals surface area contributed by atoms with Crippen molar-refractivity contribution in [1.82, 2.24) is 9.62 Å². The van der Waals surface area contributed by atoms with Crippen LogP contribution in [0.25, 0.3) is 0 Å². The molecule has 1 rings (SSSR count). The van der Waals surface area contributed by atoms with Crippen LogP contribution in [0.1, 0.15) is 5.56 Å². The van der Waals surface area contributed by atoms with Crippen LogP contribution in [0.3, 0.4) is 0 Å². The van der Waals surface area contributed by atoms with Gasteiger partial charge >= 0.3 is 6.03 Å². The van der Waals surface area contributed by atoms with Crippen molar-refractivity contribution in [2.45, 2.75) is 11.8 Å². The maximum absolute atomic E-state index is 12.0. The van der Waals surface area contributed by atoms with Gasteiger partial charge < -0.3 is 5.32 Å². The van der Waals surface area contributed by atoms with E-state index >= 15 is 0 Å². The van der Waals surface area contributed by atoms with Gasteiger partial charge in [-0.1, -0.05) is 18.2 Å². The minimum atomic E-state index is -3.76. The van der Waals surface area contributed by atoms with Crippen molar-refractivity contribution < 1.29 is 13.2 Å². The van der Waals surface area contributed by atoms with Crippen LogP contribution in [0.5, 0.6) is 0 Å². The van der Waals surface area contributed by atoms with E-state index in [1.165, 1.54) is 20.2 Å². The van der Waals surface area contributed by atoms with E-state index in [0.29, 0.717) is 9.87 Å². The number of carbonyl (C=O) groups is 1. The monoisotopic (exact) mass is 242 g/mol. The van der Waals surface area contributed by atoms with Crippen LogP contribution in [-0.2, 0) is 10.0 Å². The van der Waals surface area contributed by atoms with Gasteiger partial charge in [-0.3, -0.25) is 0 Å². The van der Waals surface area contributed by atoms with Crippen molar-refractivity contribution in [3.05, 3.63) is 29.8 Å². The molecule has 0 unspecified atom stereocenters. The summed E-state index contributed by atoms with van der Waals surface area (Å²) in [5.74, 6) is 0. The first-order valence-electron chi connectivity index (χ1n) is 4.67. The van der Waals surface area contributed by atoms with Crippen molar-refractivity contribution >= 4 is 16.1 Å². The van der Waals surface area contributed by atoms with E-state index in [1.807, 2.05) is 0 Å². The van der Waals surface area contributed by atoms with Gasteiger partial charge in [0.25, 0.3) is 10.0 Å². The molecule has 1 aromatic carbocycles. The zero-order valence-corrected chi connectivity index (χ0v) is 10.2. The van der Waals surface area contributed by atoms with Crippen LogP contribution < -0.4 is 5.32 Å². The third kappa shape index (κ3) is 2.16. The predicted octanol–water partition coefficient (Wildman–Crippen LogP) is 0.955. The van der Waals surface area contributed by atoms with Crippen molar-refractivity contribution in [1.29, 1.82) is 0 Å². The fraction of sp³-hybridized carbons (Fsp3) is 0.300. The number of nitrogens with zero attached hydrogens (tertiary/aromatic N) is 1. The molecule has 88 valence electrons. The first kappa shape index (κ1) is 12.5. The van der Waals surface area contributed by atoms with E-state index in [1.54, 1.807) is 25.1 Å². The molecule has 0 aliphatic rings. The lowest BCUT2D eigenvalue weighted by molar-refractivity contribution is 0.230. The highest BCUT2D eigenvalue weighted by Gasteiger charge is 2.25. The average molecular weight is 242 g/mol. The summed E-state index contributed by atoms with van der Waals surface area (Å²) < 4.78 is 24.7. The summed E-state index contributed by atoms with van der Waals surface area (Å²) in [5, 5.41) is 2.27. The molecule has 0 heterocycles. The molecule has 0 atom stereocenters. The van der Waals surface area contributed by atoms with Gasteiger partial charge in [-0.15, -0.1) is 0 Å². The molecule has 1 N–H and O–H groups in total. The molecule has 0 spiro atoms. The van der Waals surface area contributed by atoms with E-state index < -0.39 is 16.1 Å². The molecule has 0 bridgehead atoms. The molecule has 0 saturated heterocycles. The summed E-state index contributed by atoms with van der Waals surface area (Å²) in [5.41, 5.74) is 0.609. The molecule has 0 aliphatic heterocycles. The van der Waals surface area contributed by atoms with Crippen LogP contribution >= 0.6 is 0 Å². The zero-order valence-electron chi connectivity index (χ0n) is 9.39. The molecule has 1 aromatic rings. The number of benzene rings is 1. The number of nitrogens with one attached hydrogen (secondary N) is 1. The largest absolute Gasteiger partial charge is 0.340 e. The first-order valence-corrected chi connectivity index (χ1v) is 6.11. The van der Waals surface area contributed by atoms with Gasteiger partial charge in [0, 0.05) is 14.1 Å². The Kier molecular flexibility index (Phi) is 3.54. The lowest BCUT2D eigenvalue weighted by Crippen LogP contribution is -2.39. The summed E-state index contributed by atoms with van der Waals surface area (Å²) in [7, 11) is -1.16. The van der Waals surface area contributed by atoms with Gasteiger partial charge in [-0.25, -0.2) is 17.5 Å². The number of hydrogen-bond donors (Lipinski definition) is 1. The number of aryl methyl sites for hydroxylation is 1. The first-order chi connectivity index (χ1) is 7.41. The summed E-state index contributed by atoms with van der Waals surface area (Å²) in [4.78, 5) is 11.4. The van der Waals surface area contributed by atoms with E-state index in [2.05, 4.69) is 5.32 Å². The van der Waals surface area contributed by atoms with Crippen molar-refractivity contribution in [2.75, 3.05) is 14.1 Å². The Labute approximate surface area is 95.1 Å². The minimum absolute atomic E-state index is 0.140. The Bertz CT molecular complexity index is 497. The summed E-state index contributed by atoms with van der Waals surface area (Å²) in [6.45, 7) is 1.69. The van der Waals surface area contributed by atoms with Crippen LogP contribution in [-0.4, -0.2) is 32.8 Å². The molecule has 0 aromatic heterocycles. The Balaban J connectivity index is 3.23. The van der Waals surface area contributed by atoms with Gasteiger partial charge in [0.2, 0.25) is 0 Å². The standard InChI is InChI=1S/C10H14N2O3S/c1-8-6-4-5-7-9(8)16(14,15)12(3)10(13)11-2/h4-7H,1-3H3,(H,11,13). The van der Waals surface area contributed by atoms with Gasteiger partial charge in [0.1, 0.15) is 0 Å². The molecule has 0 radical (unpaired) electrons. The number of urea groups is 1. The Morgan fingerprint density at radius 1 is 1.31 bits per heavy atom. The molecule has 2 amide bonds. The smallest absolute Gasteiger partial charge is 0.330 e. The van der Waals surface area contributed by atoms with Crippen LogP contribution in [0.2, 0.25) is 0 Å². The molecule has 6 heteroatoms. The maximum Gasteiger partial charge on any atom is 0.330 e. The van der Waals surface area contributed by atoms with Gasteiger partial charge in [0.05, 0.1) is 4.90 Å². The van der Waals surface area contributed by atoms with Crippen molar-refractivity contribution in [3.8, 4) is 0 Å². The van der Waals surface area contributed by atoms with E-state index in [4.69, 9.17) is 0 Å². The highest BCUT2D eigenvalue weighted by Crippen LogP contribution is 2.18. The van der Waals surface area contributed by atoms with Crippen molar-refractivity contribution in [3.63, 3.8) is 0 Å². The normalized spacial score (nSPS) is 10.9. The Morgan fingerprint density at radius 2 is 1.88 bits per heavy atom. The van der Waals surface area contributed by atoms with E-state index in [0.717, 1.165) is 0 Å². The number of carbonyl (C=O) groups excluding carboxylic acids is 1. The van der Waals surface area contributed by atoms with Gasteiger partial charge in [-0.2, -0.15) is 0 Å². The number of amides is 2. The quantitative estimate of drug-likeness (QED) is 0.839. The number of rotatable bonds is 2. The van der Waals surface area contributed by atoms with E-state index in [-0.39, 0.29) is 4.90 Å². The second-order valence-corrected chi connectivity index (χ2v) is 5.23. The van der Waals surface area contributed by atoms with E-state index in [9.17, 15) is 13.2 Å². The molecular weight excluding hydrogens is 228 g/mol. The highest BCUT2D eigenvalue weighted by molar-refractivity contribution is 7.89. The Hall–Kier alpha value is -1.56. The second-order valence-electron chi connectivity index (χ2n) is 3.29. The van der Waals surface area contributed by atoms with Crippen LogP contribution in [0, 0.1) is 6.92 Å². The number of hydrogen-bond acceptors (Lipinski definition) is 3. The fourth-order valence-electron chi connectivity index (χ4n) is 1.26. The summed E-state index contributed by atoms with van der Waals surface area (Å²) in [6, 6.07) is 5.86. The van der Waals surface area contributed by atoms with Crippen LogP contribution in [0.15, 0.2) is 29.2 Å². The highest BCUT2D eigenvalue weighted by atomic mass is 32.2. The SMILES string of the molecule is CNC(=O)N(C)S(=O)(=O)c1ccccc1C. The lowest BCUT2D eigenvalue weighted by Gasteiger charge is -2.17. The topological polar surface area (TPSA) is 66.5 Å². The summed E-state index contributed by atoms with van der Waals surface area (Å²) in [6.07, 6.45) is 0. The predicted molar refractivity (Wildman–Crippen MR) is 60.6 cm³/mol. The molecule has 16 heavy (non-hydrogen) atoms. The maximum atomic E-state index is 12.0. The average Bonchev–Trinajstić information content (AvgIpc) is 2.27. The van der Waals surface area contributed by atoms with Gasteiger partial charge in [-0.05, 0) is 18.6 Å². The van der Waals surface area contributed by atoms with Crippen molar-refractivity contribution in [2.24, 2.45) is 0 Å². The molecule has 0 fully saturated rings. The van der Waals surface area contributed by atoms with Gasteiger partial charge in [0.15, 0.2) is 0 Å². The minimum Gasteiger partial charge on any atom is -0.340 e. The second kappa shape index (κ2) is 4.52. The Morgan fingerprint density at radius 3 is 2.38 bits per heavy atom. The molecular formula is C10H14N2O3S. The molecule has 0 saturated carbocycles. The third-order valence-corrected chi connectivity index (χ3v) is 4.13. The molecule has 5 nitrogen and oxygen atoms in total. The summed E-state index contributed by atoms with van der Waals surface area (Å²) >= 11 is 0. The fourth-order valence-corrected chi connectivity index (χ4v) is 2.59. The third-order valence-electron chi connectivity index (χ3n) is 2.23.